The molecule has 0 aliphatic heterocycles. The highest BCUT2D eigenvalue weighted by Gasteiger charge is 2.22. The van der Waals surface area contributed by atoms with Gasteiger partial charge in [0.1, 0.15) is 0 Å². The van der Waals surface area contributed by atoms with E-state index in [4.69, 9.17) is 16.0 Å². The van der Waals surface area contributed by atoms with Crippen molar-refractivity contribution < 1.29 is 4.43 Å². The molecule has 0 radical (unpaired) electrons. The highest BCUT2D eigenvalue weighted by atomic mass is 35.5. The topological polar surface area (TPSA) is 9.23 Å². The van der Waals surface area contributed by atoms with Crippen LogP contribution in [-0.2, 0) is 4.43 Å². The Morgan fingerprint density at radius 2 is 2.00 bits per heavy atom. The van der Waals surface area contributed by atoms with Gasteiger partial charge in [-0.05, 0) is 25.1 Å². The summed E-state index contributed by atoms with van der Waals surface area (Å²) < 4.78 is 5.39. The van der Waals surface area contributed by atoms with E-state index in [9.17, 15) is 0 Å². The Kier molecular flexibility index (Phi) is 4.57. The SMILES string of the molecule is CO[Si](C)(C)C[C@@H](C)CCl. The van der Waals surface area contributed by atoms with Crippen molar-refractivity contribution >= 4 is 19.9 Å². The molecule has 10 heavy (non-hydrogen) atoms. The van der Waals surface area contributed by atoms with Crippen LogP contribution in [0.5, 0.6) is 0 Å². The fraction of sp³-hybridized carbons (Fsp3) is 1.00. The zero-order chi connectivity index (χ0) is 8.20. The Hall–Kier alpha value is 0.467. The Balaban J connectivity index is 3.64. The standard InChI is InChI=1S/C7H17ClOSi/c1-7(5-8)6-10(3,4)9-2/h7H,5-6H2,1-4H3/t7-/m0/s1. The van der Waals surface area contributed by atoms with Gasteiger partial charge in [0.2, 0.25) is 0 Å². The van der Waals surface area contributed by atoms with E-state index in [1.54, 1.807) is 7.11 Å². The third kappa shape index (κ3) is 4.31. The second kappa shape index (κ2) is 4.37. The molecule has 62 valence electrons. The summed E-state index contributed by atoms with van der Waals surface area (Å²) in [6.45, 7) is 6.60. The summed E-state index contributed by atoms with van der Waals surface area (Å²) in [6.07, 6.45) is 0. The maximum atomic E-state index is 5.68. The number of alkyl halides is 1. The second-order valence-corrected chi connectivity index (χ2v) is 8.07. The molecule has 3 heteroatoms. The van der Waals surface area contributed by atoms with E-state index >= 15 is 0 Å². The normalized spacial score (nSPS) is 15.3. The lowest BCUT2D eigenvalue weighted by molar-refractivity contribution is 0.396. The van der Waals surface area contributed by atoms with Crippen LogP contribution in [0.15, 0.2) is 0 Å². The Bertz CT molecular complexity index is 95.6. The van der Waals surface area contributed by atoms with Gasteiger partial charge in [-0.1, -0.05) is 6.92 Å². The quantitative estimate of drug-likeness (QED) is 0.478. The van der Waals surface area contributed by atoms with Gasteiger partial charge in [-0.3, -0.25) is 0 Å². The van der Waals surface area contributed by atoms with Crippen molar-refractivity contribution in [2.75, 3.05) is 13.0 Å². The predicted octanol–water partition coefficient (Wildman–Crippen LogP) is 2.71. The van der Waals surface area contributed by atoms with E-state index in [1.807, 2.05) is 0 Å². The van der Waals surface area contributed by atoms with E-state index in [-0.39, 0.29) is 0 Å². The van der Waals surface area contributed by atoms with Crippen LogP contribution in [-0.4, -0.2) is 21.3 Å². The summed E-state index contributed by atoms with van der Waals surface area (Å²) in [7, 11) is 0.453. The molecule has 1 nitrogen and oxygen atoms in total. The molecule has 0 heterocycles. The van der Waals surface area contributed by atoms with Crippen molar-refractivity contribution in [1.82, 2.24) is 0 Å². The molecule has 0 aliphatic rings. The van der Waals surface area contributed by atoms with Gasteiger partial charge in [0.15, 0.2) is 8.32 Å². The Labute approximate surface area is 69.9 Å². The average molecular weight is 181 g/mol. The monoisotopic (exact) mass is 180 g/mol. The molecule has 0 aromatic heterocycles. The van der Waals surface area contributed by atoms with Crippen LogP contribution >= 0.6 is 11.6 Å². The molecule has 0 saturated heterocycles. The number of halogens is 1. The smallest absolute Gasteiger partial charge is 0.186 e. The number of hydrogen-bond acceptors (Lipinski definition) is 1. The zero-order valence-corrected chi connectivity index (χ0v) is 9.03. The van der Waals surface area contributed by atoms with Crippen molar-refractivity contribution in [2.24, 2.45) is 5.92 Å². The van der Waals surface area contributed by atoms with Crippen LogP contribution in [0.2, 0.25) is 19.1 Å². The molecule has 0 N–H and O–H groups in total. The third-order valence-electron chi connectivity index (χ3n) is 1.66. The van der Waals surface area contributed by atoms with Crippen LogP contribution < -0.4 is 0 Å². The molecule has 0 aliphatic carbocycles. The summed E-state index contributed by atoms with van der Waals surface area (Å²) in [6, 6.07) is 1.16. The molecule has 0 aromatic carbocycles. The van der Waals surface area contributed by atoms with Crippen molar-refractivity contribution in [2.45, 2.75) is 26.1 Å². The van der Waals surface area contributed by atoms with E-state index in [1.165, 1.54) is 0 Å². The Morgan fingerprint density at radius 3 is 2.30 bits per heavy atom. The van der Waals surface area contributed by atoms with Gasteiger partial charge in [0, 0.05) is 13.0 Å². The summed E-state index contributed by atoms with van der Waals surface area (Å²) >= 11 is 5.68. The van der Waals surface area contributed by atoms with Crippen molar-refractivity contribution in [1.29, 1.82) is 0 Å². The number of rotatable bonds is 4. The van der Waals surface area contributed by atoms with Gasteiger partial charge < -0.3 is 4.43 Å². The molecule has 0 aromatic rings. The van der Waals surface area contributed by atoms with E-state index < -0.39 is 8.32 Å². The first-order valence-electron chi connectivity index (χ1n) is 3.63. The van der Waals surface area contributed by atoms with Gasteiger partial charge in [0.05, 0.1) is 0 Å². The molecule has 0 saturated carbocycles. The van der Waals surface area contributed by atoms with Gasteiger partial charge in [-0.25, -0.2) is 0 Å². The van der Waals surface area contributed by atoms with Gasteiger partial charge in [-0.15, -0.1) is 11.6 Å². The van der Waals surface area contributed by atoms with E-state index in [0.717, 1.165) is 11.9 Å². The molecule has 0 bridgehead atoms. The molecule has 1 atom stereocenters. The highest BCUT2D eigenvalue weighted by molar-refractivity contribution is 6.71. The van der Waals surface area contributed by atoms with Gasteiger partial charge in [-0.2, -0.15) is 0 Å². The third-order valence-corrected chi connectivity index (χ3v) is 4.97. The summed E-state index contributed by atoms with van der Waals surface area (Å²) in [5.74, 6) is 1.35. The van der Waals surface area contributed by atoms with Gasteiger partial charge >= 0.3 is 0 Å². The predicted molar refractivity (Wildman–Crippen MR) is 49.2 cm³/mol. The van der Waals surface area contributed by atoms with Crippen LogP contribution in [0.1, 0.15) is 6.92 Å². The van der Waals surface area contributed by atoms with Crippen LogP contribution in [0, 0.1) is 5.92 Å². The highest BCUT2D eigenvalue weighted by Crippen LogP contribution is 2.17. The van der Waals surface area contributed by atoms with E-state index in [0.29, 0.717) is 5.92 Å². The number of hydrogen-bond donors (Lipinski definition) is 0. The summed E-state index contributed by atoms with van der Waals surface area (Å²) in [5, 5.41) is 0. The molecule has 0 amide bonds. The fourth-order valence-electron chi connectivity index (χ4n) is 0.977. The van der Waals surface area contributed by atoms with Crippen LogP contribution in [0.4, 0.5) is 0 Å². The lowest BCUT2D eigenvalue weighted by Gasteiger charge is -2.22. The Morgan fingerprint density at radius 1 is 1.50 bits per heavy atom. The minimum atomic E-state index is -1.35. The first kappa shape index (κ1) is 10.5. The zero-order valence-electron chi connectivity index (χ0n) is 7.28. The van der Waals surface area contributed by atoms with Crippen LogP contribution in [0.25, 0.3) is 0 Å². The fourth-order valence-corrected chi connectivity index (χ4v) is 3.26. The molecular formula is C7H17ClOSi. The van der Waals surface area contributed by atoms with Crippen molar-refractivity contribution in [3.8, 4) is 0 Å². The first-order valence-corrected chi connectivity index (χ1v) is 7.28. The lowest BCUT2D eigenvalue weighted by Crippen LogP contribution is -2.30. The summed E-state index contributed by atoms with van der Waals surface area (Å²) in [4.78, 5) is 0. The molecular weight excluding hydrogens is 164 g/mol. The van der Waals surface area contributed by atoms with E-state index in [2.05, 4.69) is 20.0 Å². The molecule has 0 unspecified atom stereocenters. The minimum absolute atomic E-state index is 0.600. The van der Waals surface area contributed by atoms with Crippen molar-refractivity contribution in [3.05, 3.63) is 0 Å². The summed E-state index contributed by atoms with van der Waals surface area (Å²) in [5.41, 5.74) is 0. The lowest BCUT2D eigenvalue weighted by atomic mass is 10.3. The average Bonchev–Trinajstić information content (AvgIpc) is 1.87. The first-order chi connectivity index (χ1) is 4.52. The maximum Gasteiger partial charge on any atom is 0.186 e. The largest absolute Gasteiger partial charge is 0.420 e. The van der Waals surface area contributed by atoms with Crippen molar-refractivity contribution in [3.63, 3.8) is 0 Å². The second-order valence-electron chi connectivity index (χ2n) is 3.43. The van der Waals surface area contributed by atoms with Crippen LogP contribution in [0.3, 0.4) is 0 Å². The minimum Gasteiger partial charge on any atom is -0.420 e. The molecule has 0 fully saturated rings. The molecule has 0 rings (SSSR count). The van der Waals surface area contributed by atoms with Gasteiger partial charge in [0.25, 0.3) is 0 Å². The molecule has 0 spiro atoms. The maximum absolute atomic E-state index is 5.68.